The minimum atomic E-state index is -1.09. The van der Waals surface area contributed by atoms with Crippen molar-refractivity contribution in [2.24, 2.45) is 0 Å². The lowest BCUT2D eigenvalue weighted by atomic mass is 10.0. The van der Waals surface area contributed by atoms with Gasteiger partial charge in [0.05, 0.1) is 19.0 Å². The minimum absolute atomic E-state index is 0.101. The number of nitrogens with zero attached hydrogens (tertiary/aromatic N) is 1. The molecule has 1 aliphatic carbocycles. The number of urea groups is 1. The van der Waals surface area contributed by atoms with E-state index in [2.05, 4.69) is 10.6 Å². The SMILES string of the molecule is Cc1ccc([C@H](CC(=O)O)NC(=O)Nc2c(O)c(C3CC3)cn(Cc3ccccc3Cl)c2=O)cc1. The van der Waals surface area contributed by atoms with Crippen LogP contribution in [0.15, 0.2) is 59.5 Å². The molecule has 2 aromatic carbocycles. The van der Waals surface area contributed by atoms with Crippen molar-refractivity contribution in [3.63, 3.8) is 0 Å². The number of carbonyl (C=O) groups is 2. The molecule has 1 aromatic heterocycles. The van der Waals surface area contributed by atoms with Crippen molar-refractivity contribution in [1.82, 2.24) is 9.88 Å². The summed E-state index contributed by atoms with van der Waals surface area (Å²) < 4.78 is 1.42. The van der Waals surface area contributed by atoms with E-state index in [0.29, 0.717) is 16.1 Å². The summed E-state index contributed by atoms with van der Waals surface area (Å²) in [6.45, 7) is 2.07. The Morgan fingerprint density at radius 1 is 1.14 bits per heavy atom. The number of nitrogens with one attached hydrogen (secondary N) is 2. The van der Waals surface area contributed by atoms with Crippen LogP contribution in [0, 0.1) is 6.92 Å². The highest BCUT2D eigenvalue weighted by Gasteiger charge is 2.30. The van der Waals surface area contributed by atoms with E-state index in [1.807, 2.05) is 25.1 Å². The molecule has 2 amide bonds. The number of hydrogen-bond acceptors (Lipinski definition) is 4. The lowest BCUT2D eigenvalue weighted by molar-refractivity contribution is -0.137. The molecule has 1 saturated carbocycles. The Labute approximate surface area is 207 Å². The van der Waals surface area contributed by atoms with Gasteiger partial charge in [0.15, 0.2) is 5.69 Å². The Hall–Kier alpha value is -3.78. The van der Waals surface area contributed by atoms with E-state index in [1.165, 1.54) is 4.57 Å². The van der Waals surface area contributed by atoms with Gasteiger partial charge in [0.1, 0.15) is 5.75 Å². The Morgan fingerprint density at radius 2 is 1.83 bits per heavy atom. The Balaban J connectivity index is 1.63. The van der Waals surface area contributed by atoms with Crippen LogP contribution < -0.4 is 16.2 Å². The minimum Gasteiger partial charge on any atom is -0.505 e. The lowest BCUT2D eigenvalue weighted by Crippen LogP contribution is -2.36. The smallest absolute Gasteiger partial charge is 0.319 e. The predicted molar refractivity (Wildman–Crippen MR) is 133 cm³/mol. The maximum atomic E-state index is 13.2. The number of aliphatic carboxylic acids is 1. The van der Waals surface area contributed by atoms with Crippen LogP contribution in [0.5, 0.6) is 5.75 Å². The molecule has 4 N–H and O–H groups in total. The van der Waals surface area contributed by atoms with Gasteiger partial charge in [0, 0.05) is 16.8 Å². The second kappa shape index (κ2) is 10.2. The van der Waals surface area contributed by atoms with Crippen molar-refractivity contribution >= 4 is 29.3 Å². The molecule has 4 rings (SSSR count). The molecule has 182 valence electrons. The van der Waals surface area contributed by atoms with Crippen LogP contribution in [0.3, 0.4) is 0 Å². The van der Waals surface area contributed by atoms with Gasteiger partial charge in [-0.3, -0.25) is 9.59 Å². The molecular weight excluding hydrogens is 470 g/mol. The number of benzene rings is 2. The quantitative estimate of drug-likeness (QED) is 0.358. The number of carboxylic acid groups (broad SMARTS) is 1. The van der Waals surface area contributed by atoms with E-state index in [0.717, 1.165) is 24.0 Å². The van der Waals surface area contributed by atoms with Gasteiger partial charge in [-0.25, -0.2) is 4.79 Å². The third-order valence-corrected chi connectivity index (χ3v) is 6.37. The van der Waals surface area contributed by atoms with Crippen molar-refractivity contribution in [2.45, 2.75) is 44.7 Å². The van der Waals surface area contributed by atoms with Crippen molar-refractivity contribution in [1.29, 1.82) is 0 Å². The predicted octanol–water partition coefficient (Wildman–Crippen LogP) is 4.78. The summed E-state index contributed by atoms with van der Waals surface area (Å²) >= 11 is 6.27. The van der Waals surface area contributed by atoms with Crippen LogP contribution in [0.2, 0.25) is 5.02 Å². The molecular formula is C26H26ClN3O5. The molecule has 1 heterocycles. The number of aromatic hydroxyl groups is 1. The number of carboxylic acids is 1. The maximum Gasteiger partial charge on any atom is 0.319 e. The maximum absolute atomic E-state index is 13.2. The molecule has 0 radical (unpaired) electrons. The van der Waals surface area contributed by atoms with Gasteiger partial charge in [-0.1, -0.05) is 59.6 Å². The topological polar surface area (TPSA) is 121 Å². The van der Waals surface area contributed by atoms with Crippen molar-refractivity contribution in [2.75, 3.05) is 5.32 Å². The van der Waals surface area contributed by atoms with Crippen LogP contribution in [0.1, 0.15) is 53.5 Å². The zero-order valence-electron chi connectivity index (χ0n) is 19.1. The van der Waals surface area contributed by atoms with Crippen molar-refractivity contribution in [3.05, 3.63) is 92.4 Å². The standard InChI is InChI=1S/C26H26ClN3O5/c1-15-6-8-17(9-7-15)21(12-22(31)32)28-26(35)29-23-24(33)19(16-10-11-16)14-30(25(23)34)13-18-4-2-3-5-20(18)27/h2-9,14,16,21,33H,10-13H2,1H3,(H,31,32)(H2,28,29,35)/t21-/m0/s1. The van der Waals surface area contributed by atoms with E-state index in [4.69, 9.17) is 11.6 Å². The van der Waals surface area contributed by atoms with E-state index in [1.54, 1.807) is 36.5 Å². The molecule has 0 bridgehead atoms. The van der Waals surface area contributed by atoms with E-state index in [-0.39, 0.29) is 30.3 Å². The Kier molecular flexibility index (Phi) is 7.12. The van der Waals surface area contributed by atoms with Gasteiger partial charge in [-0.15, -0.1) is 0 Å². The number of amides is 2. The number of hydrogen-bond donors (Lipinski definition) is 4. The summed E-state index contributed by atoms with van der Waals surface area (Å²) in [4.78, 5) is 37.5. The molecule has 3 aromatic rings. The van der Waals surface area contributed by atoms with Crippen LogP contribution in [-0.4, -0.2) is 26.8 Å². The van der Waals surface area contributed by atoms with Gasteiger partial charge in [-0.2, -0.15) is 0 Å². The van der Waals surface area contributed by atoms with E-state index < -0.39 is 23.6 Å². The average Bonchev–Trinajstić information content (AvgIpc) is 3.65. The van der Waals surface area contributed by atoms with Gasteiger partial charge in [0.25, 0.3) is 5.56 Å². The van der Waals surface area contributed by atoms with Crippen LogP contribution in [0.25, 0.3) is 0 Å². The second-order valence-electron chi connectivity index (χ2n) is 8.77. The number of aryl methyl sites for hydroxylation is 1. The fourth-order valence-electron chi connectivity index (χ4n) is 3.94. The molecule has 0 spiro atoms. The summed E-state index contributed by atoms with van der Waals surface area (Å²) in [5.41, 5.74) is 2.06. The lowest BCUT2D eigenvalue weighted by Gasteiger charge is -2.19. The van der Waals surface area contributed by atoms with Crippen LogP contribution >= 0.6 is 11.6 Å². The Morgan fingerprint density at radius 3 is 2.46 bits per heavy atom. The Bertz CT molecular complexity index is 1320. The first-order valence-electron chi connectivity index (χ1n) is 11.3. The van der Waals surface area contributed by atoms with Crippen LogP contribution in [-0.2, 0) is 11.3 Å². The number of carbonyl (C=O) groups excluding carboxylic acids is 1. The van der Waals surface area contributed by atoms with Gasteiger partial charge in [-0.05, 0) is 42.9 Å². The van der Waals surface area contributed by atoms with Crippen molar-refractivity contribution < 1.29 is 19.8 Å². The molecule has 0 unspecified atom stereocenters. The summed E-state index contributed by atoms with van der Waals surface area (Å²) in [7, 11) is 0. The fraction of sp³-hybridized carbons (Fsp3) is 0.269. The highest BCUT2D eigenvalue weighted by molar-refractivity contribution is 6.31. The summed E-state index contributed by atoms with van der Waals surface area (Å²) in [6, 6.07) is 12.6. The van der Waals surface area contributed by atoms with E-state index in [9.17, 15) is 24.6 Å². The number of rotatable bonds is 8. The monoisotopic (exact) mass is 495 g/mol. The third-order valence-electron chi connectivity index (χ3n) is 6.00. The highest BCUT2D eigenvalue weighted by atomic mass is 35.5. The van der Waals surface area contributed by atoms with Crippen LogP contribution in [0.4, 0.5) is 10.5 Å². The fourth-order valence-corrected chi connectivity index (χ4v) is 4.14. The van der Waals surface area contributed by atoms with E-state index >= 15 is 0 Å². The third kappa shape index (κ3) is 5.84. The second-order valence-corrected chi connectivity index (χ2v) is 9.17. The molecule has 1 aliphatic rings. The summed E-state index contributed by atoms with van der Waals surface area (Å²) in [6.07, 6.45) is 3.01. The zero-order chi connectivity index (χ0) is 25.1. The van der Waals surface area contributed by atoms with Gasteiger partial charge >= 0.3 is 12.0 Å². The molecule has 8 nitrogen and oxygen atoms in total. The number of halogens is 1. The van der Waals surface area contributed by atoms with Crippen molar-refractivity contribution in [3.8, 4) is 5.75 Å². The first kappa shape index (κ1) is 24.3. The zero-order valence-corrected chi connectivity index (χ0v) is 19.9. The average molecular weight is 496 g/mol. The first-order valence-corrected chi connectivity index (χ1v) is 11.7. The number of aromatic nitrogens is 1. The largest absolute Gasteiger partial charge is 0.505 e. The van der Waals surface area contributed by atoms with Gasteiger partial charge in [0.2, 0.25) is 0 Å². The summed E-state index contributed by atoms with van der Waals surface area (Å²) in [5.74, 6) is -1.26. The molecule has 1 fully saturated rings. The molecule has 0 saturated heterocycles. The summed E-state index contributed by atoms with van der Waals surface area (Å²) in [5, 5.41) is 25.7. The number of pyridine rings is 1. The molecule has 35 heavy (non-hydrogen) atoms. The number of anilines is 1. The highest BCUT2D eigenvalue weighted by Crippen LogP contribution is 2.45. The molecule has 1 atom stereocenters. The molecule has 0 aliphatic heterocycles. The molecule has 9 heteroatoms. The van der Waals surface area contributed by atoms with Gasteiger partial charge < -0.3 is 25.4 Å². The normalized spacial score (nSPS) is 13.8. The first-order chi connectivity index (χ1) is 16.7.